The highest BCUT2D eigenvalue weighted by molar-refractivity contribution is 5.92. The number of carbonyl (C=O) groups excluding carboxylic acids is 1. The van der Waals surface area contributed by atoms with E-state index in [0.717, 1.165) is 46.2 Å². The summed E-state index contributed by atoms with van der Waals surface area (Å²) in [5.41, 5.74) is 3.02. The molecule has 0 aliphatic carbocycles. The van der Waals surface area contributed by atoms with Crippen molar-refractivity contribution in [3.05, 3.63) is 41.2 Å². The number of methoxy groups -OCH3 is 1. The highest BCUT2D eigenvalue weighted by Crippen LogP contribution is 2.32. The van der Waals surface area contributed by atoms with Crippen LogP contribution in [0.4, 0.5) is 0 Å². The molecule has 0 fully saturated rings. The Morgan fingerprint density at radius 2 is 1.96 bits per heavy atom. The van der Waals surface area contributed by atoms with Crippen molar-refractivity contribution in [2.75, 3.05) is 7.11 Å². The predicted molar refractivity (Wildman–Crippen MR) is 110 cm³/mol. The number of hydrogen-bond donors (Lipinski definition) is 0. The van der Waals surface area contributed by atoms with Crippen molar-refractivity contribution < 1.29 is 9.53 Å². The van der Waals surface area contributed by atoms with Gasteiger partial charge in [0.25, 0.3) is 0 Å². The molecule has 2 aromatic rings. The van der Waals surface area contributed by atoms with Gasteiger partial charge in [-0.3, -0.25) is 9.78 Å². The lowest BCUT2D eigenvalue weighted by Gasteiger charge is -2.14. The molecule has 0 N–H and O–H groups in total. The molecule has 1 aromatic carbocycles. The summed E-state index contributed by atoms with van der Waals surface area (Å²) in [4.78, 5) is 16.9. The molecule has 0 aliphatic heterocycles. The molecule has 0 amide bonds. The first-order chi connectivity index (χ1) is 12.6. The highest BCUT2D eigenvalue weighted by Gasteiger charge is 2.14. The Labute approximate surface area is 157 Å². The predicted octanol–water partition coefficient (Wildman–Crippen LogP) is 6.06. The number of fused-ring (bicyclic) bond motifs is 1. The molecule has 0 saturated heterocycles. The van der Waals surface area contributed by atoms with E-state index >= 15 is 0 Å². The smallest absolute Gasteiger partial charge is 0.137 e. The monoisotopic (exact) mass is 353 g/mol. The third kappa shape index (κ3) is 5.17. The van der Waals surface area contributed by atoms with Crippen molar-refractivity contribution in [2.24, 2.45) is 0 Å². The molecule has 0 spiro atoms. The van der Waals surface area contributed by atoms with Gasteiger partial charge in [0.05, 0.1) is 12.8 Å². The first-order valence-corrected chi connectivity index (χ1v) is 9.71. The number of unbranched alkanes of at least 4 members (excludes halogenated alkanes) is 4. The second-order valence-corrected chi connectivity index (χ2v) is 6.90. The van der Waals surface area contributed by atoms with Crippen LogP contribution in [0.3, 0.4) is 0 Å². The summed E-state index contributed by atoms with van der Waals surface area (Å²) in [6.45, 7) is 6.21. The van der Waals surface area contributed by atoms with Gasteiger partial charge in [-0.05, 0) is 48.9 Å². The number of carbonyl (C=O) groups is 1. The summed E-state index contributed by atoms with van der Waals surface area (Å²) in [6, 6.07) is 4.17. The van der Waals surface area contributed by atoms with Gasteiger partial charge < -0.3 is 4.74 Å². The SMILES string of the molecule is C/C=C/c1cc2cc(CC(=O)CCCCCCC)c(C)c(OC)c2cn1. The zero-order valence-electron chi connectivity index (χ0n) is 16.6. The zero-order chi connectivity index (χ0) is 18.9. The molecule has 3 nitrogen and oxygen atoms in total. The molecule has 2 rings (SSSR count). The second-order valence-electron chi connectivity index (χ2n) is 6.90. The van der Waals surface area contributed by atoms with Gasteiger partial charge in [0.1, 0.15) is 11.5 Å². The fraction of sp³-hybridized carbons (Fsp3) is 0.478. The molecule has 0 atom stereocenters. The van der Waals surface area contributed by atoms with Crippen LogP contribution < -0.4 is 4.74 Å². The number of rotatable bonds is 10. The van der Waals surface area contributed by atoms with E-state index in [4.69, 9.17) is 4.74 Å². The number of pyridine rings is 1. The lowest BCUT2D eigenvalue weighted by molar-refractivity contribution is -0.118. The Kier molecular flexibility index (Phi) is 7.83. The van der Waals surface area contributed by atoms with Gasteiger partial charge in [-0.15, -0.1) is 0 Å². The second kappa shape index (κ2) is 10.1. The van der Waals surface area contributed by atoms with Crippen molar-refractivity contribution in [3.8, 4) is 5.75 Å². The normalized spacial score (nSPS) is 11.4. The first kappa shape index (κ1) is 20.2. The number of ether oxygens (including phenoxy) is 1. The molecule has 3 heteroatoms. The molecular formula is C23H31NO2. The fourth-order valence-corrected chi connectivity index (χ4v) is 3.38. The number of allylic oxidation sites excluding steroid dienone is 1. The van der Waals surface area contributed by atoms with Crippen LogP contribution >= 0.6 is 0 Å². The van der Waals surface area contributed by atoms with E-state index in [1.165, 1.54) is 19.3 Å². The Bertz CT molecular complexity index is 777. The molecule has 0 radical (unpaired) electrons. The number of benzene rings is 1. The van der Waals surface area contributed by atoms with Gasteiger partial charge in [0.15, 0.2) is 0 Å². The third-order valence-electron chi connectivity index (χ3n) is 4.84. The van der Waals surface area contributed by atoms with Crippen LogP contribution in [0.15, 0.2) is 24.4 Å². The van der Waals surface area contributed by atoms with Crippen molar-refractivity contribution in [1.82, 2.24) is 4.98 Å². The molecule has 0 saturated carbocycles. The minimum atomic E-state index is 0.314. The Morgan fingerprint density at radius 3 is 2.65 bits per heavy atom. The van der Waals surface area contributed by atoms with Gasteiger partial charge in [-0.1, -0.05) is 44.7 Å². The zero-order valence-corrected chi connectivity index (χ0v) is 16.6. The number of aromatic nitrogens is 1. The summed E-state index contributed by atoms with van der Waals surface area (Å²) in [5.74, 6) is 1.14. The van der Waals surface area contributed by atoms with Crippen molar-refractivity contribution in [3.63, 3.8) is 0 Å². The quantitative estimate of drug-likeness (QED) is 0.488. The first-order valence-electron chi connectivity index (χ1n) is 9.71. The molecule has 0 bridgehead atoms. The van der Waals surface area contributed by atoms with Crippen LogP contribution in [0.1, 0.15) is 69.2 Å². The largest absolute Gasteiger partial charge is 0.496 e. The van der Waals surface area contributed by atoms with Gasteiger partial charge in [-0.25, -0.2) is 0 Å². The maximum Gasteiger partial charge on any atom is 0.137 e. The van der Waals surface area contributed by atoms with E-state index in [1.807, 2.05) is 32.2 Å². The molecule has 140 valence electrons. The Hall–Kier alpha value is -2.16. The molecule has 1 heterocycles. The van der Waals surface area contributed by atoms with Crippen molar-refractivity contribution in [2.45, 2.75) is 65.7 Å². The summed E-state index contributed by atoms with van der Waals surface area (Å²) in [7, 11) is 1.68. The van der Waals surface area contributed by atoms with Crippen LogP contribution in [0.25, 0.3) is 16.8 Å². The number of ketones is 1. The van der Waals surface area contributed by atoms with Gasteiger partial charge in [0, 0.05) is 24.4 Å². The topological polar surface area (TPSA) is 39.2 Å². The molecule has 1 aromatic heterocycles. The van der Waals surface area contributed by atoms with E-state index in [0.29, 0.717) is 18.6 Å². The summed E-state index contributed by atoms with van der Waals surface area (Å²) in [5, 5.41) is 2.07. The van der Waals surface area contributed by atoms with Crippen LogP contribution in [-0.4, -0.2) is 17.9 Å². The number of hydrogen-bond acceptors (Lipinski definition) is 3. The van der Waals surface area contributed by atoms with Crippen LogP contribution in [0, 0.1) is 6.92 Å². The van der Waals surface area contributed by atoms with Crippen LogP contribution in [0.2, 0.25) is 0 Å². The molecule has 0 unspecified atom stereocenters. The Morgan fingerprint density at radius 1 is 1.19 bits per heavy atom. The van der Waals surface area contributed by atoms with Crippen LogP contribution in [-0.2, 0) is 11.2 Å². The van der Waals surface area contributed by atoms with Gasteiger partial charge in [0.2, 0.25) is 0 Å². The minimum Gasteiger partial charge on any atom is -0.496 e. The van der Waals surface area contributed by atoms with Crippen molar-refractivity contribution in [1.29, 1.82) is 0 Å². The Balaban J connectivity index is 2.20. The average Bonchev–Trinajstić information content (AvgIpc) is 2.63. The lowest BCUT2D eigenvalue weighted by Crippen LogP contribution is -2.05. The fourth-order valence-electron chi connectivity index (χ4n) is 3.38. The maximum absolute atomic E-state index is 12.4. The molecule has 0 aliphatic rings. The van der Waals surface area contributed by atoms with Crippen molar-refractivity contribution >= 4 is 22.6 Å². The summed E-state index contributed by atoms with van der Waals surface area (Å²) in [6.07, 6.45) is 12.8. The molecule has 26 heavy (non-hydrogen) atoms. The lowest BCUT2D eigenvalue weighted by atomic mass is 9.96. The summed E-state index contributed by atoms with van der Waals surface area (Å²) < 4.78 is 5.64. The molecular weight excluding hydrogens is 322 g/mol. The van der Waals surface area contributed by atoms with Crippen LogP contribution in [0.5, 0.6) is 5.75 Å². The number of nitrogens with zero attached hydrogens (tertiary/aromatic N) is 1. The van der Waals surface area contributed by atoms with E-state index in [2.05, 4.69) is 24.0 Å². The van der Waals surface area contributed by atoms with Gasteiger partial charge in [-0.2, -0.15) is 0 Å². The van der Waals surface area contributed by atoms with E-state index in [-0.39, 0.29) is 0 Å². The minimum absolute atomic E-state index is 0.314. The number of Topliss-reactive ketones (excluding diaryl/α,β-unsaturated/α-hetero) is 1. The van der Waals surface area contributed by atoms with E-state index in [9.17, 15) is 4.79 Å². The highest BCUT2D eigenvalue weighted by atomic mass is 16.5. The van der Waals surface area contributed by atoms with E-state index in [1.54, 1.807) is 7.11 Å². The van der Waals surface area contributed by atoms with E-state index < -0.39 is 0 Å². The maximum atomic E-state index is 12.4. The third-order valence-corrected chi connectivity index (χ3v) is 4.84. The summed E-state index contributed by atoms with van der Waals surface area (Å²) >= 11 is 0. The van der Waals surface area contributed by atoms with Gasteiger partial charge >= 0.3 is 0 Å². The standard InChI is InChI=1S/C23H31NO2/c1-5-7-8-9-10-12-21(25)15-18-13-19-14-20(11-6-2)24-16-22(19)23(26-4)17(18)3/h6,11,13-14,16H,5,7-10,12,15H2,1-4H3/b11-6+. The average molecular weight is 354 g/mol.